The predicted octanol–water partition coefficient (Wildman–Crippen LogP) is 4.32. The molecule has 0 spiro atoms. The number of imide groups is 1. The van der Waals surface area contributed by atoms with Crippen LogP contribution in [0.1, 0.15) is 5.56 Å². The van der Waals surface area contributed by atoms with E-state index < -0.39 is 22.8 Å². The van der Waals surface area contributed by atoms with Crippen molar-refractivity contribution in [1.29, 1.82) is 0 Å². The SMILES string of the molecule is O=CN(C(=O)Nc1ccc(Cl)c(C(F)(F)F)c1)c1ccc2c(c1)OCCO2. The molecule has 0 fully saturated rings. The Balaban J connectivity index is 1.83. The number of halogens is 4. The molecule has 6 nitrogen and oxygen atoms in total. The van der Waals surface area contributed by atoms with Crippen molar-refractivity contribution in [2.24, 2.45) is 0 Å². The molecule has 1 heterocycles. The zero-order valence-electron chi connectivity index (χ0n) is 13.5. The van der Waals surface area contributed by atoms with E-state index in [0.717, 1.165) is 6.07 Å². The molecule has 2 aromatic carbocycles. The molecule has 2 aromatic rings. The van der Waals surface area contributed by atoms with Crippen molar-refractivity contribution in [2.45, 2.75) is 6.18 Å². The Hall–Kier alpha value is -2.94. The number of urea groups is 1. The van der Waals surface area contributed by atoms with E-state index in [9.17, 15) is 22.8 Å². The highest BCUT2D eigenvalue weighted by Gasteiger charge is 2.33. The highest BCUT2D eigenvalue weighted by molar-refractivity contribution is 6.31. The maximum atomic E-state index is 12.9. The maximum absolute atomic E-state index is 12.9. The Morgan fingerprint density at radius 1 is 1.11 bits per heavy atom. The standard InChI is InChI=1S/C17H12ClF3N2O4/c18-13-3-1-10(7-12(13)17(19,20)21)22-16(25)23(9-24)11-2-4-14-15(8-11)27-6-5-26-14/h1-4,7-9H,5-6H2,(H,22,25). The van der Waals surface area contributed by atoms with Gasteiger partial charge in [-0.05, 0) is 30.3 Å². The summed E-state index contributed by atoms with van der Waals surface area (Å²) in [6.07, 6.45) is -4.45. The number of anilines is 2. The van der Waals surface area contributed by atoms with Gasteiger partial charge in [-0.2, -0.15) is 13.2 Å². The molecule has 0 bridgehead atoms. The van der Waals surface area contributed by atoms with Gasteiger partial charge in [0.1, 0.15) is 13.2 Å². The lowest BCUT2D eigenvalue weighted by Crippen LogP contribution is -2.34. The van der Waals surface area contributed by atoms with E-state index in [-0.39, 0.29) is 17.8 Å². The summed E-state index contributed by atoms with van der Waals surface area (Å²) in [7, 11) is 0. The van der Waals surface area contributed by atoms with Crippen LogP contribution in [-0.4, -0.2) is 25.7 Å². The number of fused-ring (bicyclic) bond motifs is 1. The minimum atomic E-state index is -4.68. The smallest absolute Gasteiger partial charge is 0.417 e. The Bertz CT molecular complexity index is 889. The van der Waals surface area contributed by atoms with Crippen LogP contribution in [-0.2, 0) is 11.0 Å². The van der Waals surface area contributed by atoms with E-state index in [0.29, 0.717) is 35.7 Å². The van der Waals surface area contributed by atoms with Crippen molar-refractivity contribution < 1.29 is 32.2 Å². The molecule has 0 saturated heterocycles. The molecule has 0 atom stereocenters. The first-order valence-corrected chi connectivity index (χ1v) is 7.99. The zero-order chi connectivity index (χ0) is 19.6. The first-order chi connectivity index (χ1) is 12.8. The summed E-state index contributed by atoms with van der Waals surface area (Å²) in [6, 6.07) is 6.34. The van der Waals surface area contributed by atoms with Crippen molar-refractivity contribution in [3.05, 3.63) is 47.0 Å². The lowest BCUT2D eigenvalue weighted by atomic mass is 10.2. The Morgan fingerprint density at radius 3 is 2.48 bits per heavy atom. The van der Waals surface area contributed by atoms with Crippen LogP contribution >= 0.6 is 11.6 Å². The van der Waals surface area contributed by atoms with Gasteiger partial charge in [0.25, 0.3) is 0 Å². The molecule has 142 valence electrons. The minimum absolute atomic E-state index is 0.164. The van der Waals surface area contributed by atoms with Crippen LogP contribution < -0.4 is 19.7 Å². The number of carbonyl (C=O) groups is 2. The molecule has 1 aliphatic rings. The Labute approximate surface area is 156 Å². The lowest BCUT2D eigenvalue weighted by molar-refractivity contribution is -0.137. The van der Waals surface area contributed by atoms with Gasteiger partial charge >= 0.3 is 12.2 Å². The summed E-state index contributed by atoms with van der Waals surface area (Å²) in [5, 5.41) is 1.74. The minimum Gasteiger partial charge on any atom is -0.486 e. The number of rotatable bonds is 3. The third kappa shape index (κ3) is 4.08. The fourth-order valence-corrected chi connectivity index (χ4v) is 2.64. The van der Waals surface area contributed by atoms with Crippen LogP contribution in [0.5, 0.6) is 11.5 Å². The number of hydrogen-bond acceptors (Lipinski definition) is 4. The number of nitrogens with zero attached hydrogens (tertiary/aromatic N) is 1. The largest absolute Gasteiger partial charge is 0.486 e. The molecule has 0 unspecified atom stereocenters. The van der Waals surface area contributed by atoms with Gasteiger partial charge in [0.15, 0.2) is 11.5 Å². The molecular weight excluding hydrogens is 389 g/mol. The van der Waals surface area contributed by atoms with Gasteiger partial charge < -0.3 is 14.8 Å². The predicted molar refractivity (Wildman–Crippen MR) is 91.4 cm³/mol. The molecule has 27 heavy (non-hydrogen) atoms. The molecule has 10 heteroatoms. The topological polar surface area (TPSA) is 67.9 Å². The van der Waals surface area contributed by atoms with Crippen molar-refractivity contribution in [3.63, 3.8) is 0 Å². The number of ether oxygens (including phenoxy) is 2. The average molecular weight is 401 g/mol. The second-order valence-electron chi connectivity index (χ2n) is 5.43. The third-order valence-electron chi connectivity index (χ3n) is 3.65. The second-order valence-corrected chi connectivity index (χ2v) is 5.83. The van der Waals surface area contributed by atoms with Crippen LogP contribution in [0, 0.1) is 0 Å². The Kier molecular flexibility index (Phi) is 5.13. The van der Waals surface area contributed by atoms with Gasteiger partial charge in [0.05, 0.1) is 16.3 Å². The normalized spacial score (nSPS) is 13.0. The number of benzene rings is 2. The van der Waals surface area contributed by atoms with E-state index in [4.69, 9.17) is 21.1 Å². The Morgan fingerprint density at radius 2 is 1.81 bits per heavy atom. The molecule has 0 aliphatic carbocycles. The van der Waals surface area contributed by atoms with Gasteiger partial charge in [0, 0.05) is 11.8 Å². The van der Waals surface area contributed by atoms with Gasteiger partial charge in [-0.15, -0.1) is 0 Å². The summed E-state index contributed by atoms with van der Waals surface area (Å²) < 4.78 is 49.5. The van der Waals surface area contributed by atoms with Crippen LogP contribution in [0.25, 0.3) is 0 Å². The van der Waals surface area contributed by atoms with Gasteiger partial charge in [-0.1, -0.05) is 11.6 Å². The van der Waals surface area contributed by atoms with Crippen molar-refractivity contribution >= 4 is 35.4 Å². The number of alkyl halides is 3. The molecule has 0 saturated carbocycles. The zero-order valence-corrected chi connectivity index (χ0v) is 14.3. The fourth-order valence-electron chi connectivity index (χ4n) is 2.41. The van der Waals surface area contributed by atoms with Crippen molar-refractivity contribution in [1.82, 2.24) is 0 Å². The molecule has 0 radical (unpaired) electrons. The molecule has 3 rings (SSSR count). The molecule has 0 aromatic heterocycles. The van der Waals surface area contributed by atoms with Crippen molar-refractivity contribution in [3.8, 4) is 11.5 Å². The summed E-state index contributed by atoms with van der Waals surface area (Å²) >= 11 is 5.55. The third-order valence-corrected chi connectivity index (χ3v) is 3.98. The number of hydrogen-bond donors (Lipinski definition) is 1. The highest BCUT2D eigenvalue weighted by atomic mass is 35.5. The van der Waals surface area contributed by atoms with E-state index in [1.807, 2.05) is 0 Å². The van der Waals surface area contributed by atoms with Gasteiger partial charge in [-0.25, -0.2) is 9.69 Å². The van der Waals surface area contributed by atoms with E-state index in [1.165, 1.54) is 24.3 Å². The average Bonchev–Trinajstić information content (AvgIpc) is 2.63. The number of carbonyl (C=O) groups excluding carboxylic acids is 2. The summed E-state index contributed by atoms with van der Waals surface area (Å²) in [6.45, 7) is 0.692. The molecule has 3 amide bonds. The van der Waals surface area contributed by atoms with Gasteiger partial charge in [-0.3, -0.25) is 4.79 Å². The highest BCUT2D eigenvalue weighted by Crippen LogP contribution is 2.37. The van der Waals surface area contributed by atoms with E-state index >= 15 is 0 Å². The molecule has 1 N–H and O–H groups in total. The maximum Gasteiger partial charge on any atom is 0.417 e. The van der Waals surface area contributed by atoms with Crippen LogP contribution in [0.2, 0.25) is 5.02 Å². The first kappa shape index (κ1) is 18.8. The lowest BCUT2D eigenvalue weighted by Gasteiger charge is -2.22. The van der Waals surface area contributed by atoms with Gasteiger partial charge in [0.2, 0.25) is 6.41 Å². The fraction of sp³-hybridized carbons (Fsp3) is 0.176. The first-order valence-electron chi connectivity index (χ1n) is 7.61. The monoisotopic (exact) mass is 400 g/mol. The second kappa shape index (κ2) is 7.36. The van der Waals surface area contributed by atoms with Crippen molar-refractivity contribution in [2.75, 3.05) is 23.4 Å². The van der Waals surface area contributed by atoms with Crippen LogP contribution in [0.3, 0.4) is 0 Å². The van der Waals surface area contributed by atoms with E-state index in [2.05, 4.69) is 5.32 Å². The molecular formula is C17H12ClF3N2O4. The summed E-state index contributed by atoms with van der Waals surface area (Å²) in [4.78, 5) is 24.4. The number of amides is 3. The van der Waals surface area contributed by atoms with Crippen LogP contribution in [0.4, 0.5) is 29.3 Å². The van der Waals surface area contributed by atoms with E-state index in [1.54, 1.807) is 0 Å². The molecule has 1 aliphatic heterocycles. The number of nitrogens with one attached hydrogen (secondary N) is 1. The van der Waals surface area contributed by atoms with Crippen LogP contribution in [0.15, 0.2) is 36.4 Å². The summed E-state index contributed by atoms with van der Waals surface area (Å²) in [5.74, 6) is 0.813. The summed E-state index contributed by atoms with van der Waals surface area (Å²) in [5.41, 5.74) is -1.10. The quantitative estimate of drug-likeness (QED) is 0.779.